The number of hydrogen-bond donors (Lipinski definition) is 1. The zero-order valence-corrected chi connectivity index (χ0v) is 28.0. The number of aliphatic hydroxyl groups is 1. The van der Waals surface area contributed by atoms with Crippen molar-refractivity contribution in [2.24, 2.45) is 11.8 Å². The smallest absolute Gasteiger partial charge is 0.248 e. The molecule has 2 aromatic carbocycles. The summed E-state index contributed by atoms with van der Waals surface area (Å²) in [5.74, 6) is -1.90. The molecule has 1 spiro atoms. The van der Waals surface area contributed by atoms with E-state index in [-0.39, 0.29) is 30.9 Å². The number of amides is 3. The number of carbonyl (C=O) groups is 3. The van der Waals surface area contributed by atoms with Crippen LogP contribution in [0, 0.1) is 11.8 Å². The number of rotatable bonds is 16. The lowest BCUT2D eigenvalue weighted by molar-refractivity contribution is -0.154. The van der Waals surface area contributed by atoms with E-state index in [2.05, 4.69) is 20.1 Å². The normalized spacial score (nSPS) is 26.5. The molecule has 0 aliphatic carbocycles. The largest absolute Gasteiger partial charge is 0.494 e. The van der Waals surface area contributed by atoms with Crippen molar-refractivity contribution in [2.75, 3.05) is 37.7 Å². The molecule has 3 aliphatic rings. The number of likely N-dealkylation sites (tertiary alicyclic amines) is 1. The molecule has 9 heteroatoms. The van der Waals surface area contributed by atoms with Crippen LogP contribution in [-0.4, -0.2) is 82.7 Å². The summed E-state index contributed by atoms with van der Waals surface area (Å²) in [4.78, 5) is 49.4. The van der Waals surface area contributed by atoms with E-state index in [1.165, 1.54) is 4.90 Å². The Bertz CT molecular complexity index is 1450. The molecule has 1 N–H and O–H groups in total. The van der Waals surface area contributed by atoms with Gasteiger partial charge in [-0.25, -0.2) is 0 Å². The lowest BCUT2D eigenvalue weighted by Gasteiger charge is -2.39. The highest BCUT2D eigenvalue weighted by atomic mass is 16.5. The van der Waals surface area contributed by atoms with Crippen molar-refractivity contribution in [1.29, 1.82) is 0 Å². The lowest BCUT2D eigenvalue weighted by Crippen LogP contribution is -2.57. The van der Waals surface area contributed by atoms with Crippen LogP contribution in [0.15, 0.2) is 79.9 Å². The molecule has 47 heavy (non-hydrogen) atoms. The Labute approximate surface area is 278 Å². The first-order valence-electron chi connectivity index (χ1n) is 16.9. The van der Waals surface area contributed by atoms with Gasteiger partial charge in [0.1, 0.15) is 17.4 Å². The van der Waals surface area contributed by atoms with Crippen LogP contribution in [0.2, 0.25) is 0 Å². The van der Waals surface area contributed by atoms with E-state index in [0.717, 1.165) is 19.3 Å². The van der Waals surface area contributed by atoms with Crippen molar-refractivity contribution in [1.82, 2.24) is 9.80 Å². The molecular formula is C38H49N3O6. The quantitative estimate of drug-likeness (QED) is 0.197. The summed E-state index contributed by atoms with van der Waals surface area (Å²) in [6, 6.07) is 14.8. The van der Waals surface area contributed by atoms with Crippen molar-refractivity contribution in [2.45, 2.75) is 76.2 Å². The number of fused-ring (bicyclic) bond motifs is 1. The van der Waals surface area contributed by atoms with Crippen LogP contribution >= 0.6 is 0 Å². The number of ether oxygens (including phenoxy) is 2. The van der Waals surface area contributed by atoms with Gasteiger partial charge in [-0.1, -0.05) is 62.2 Å². The third kappa shape index (κ3) is 6.11. The molecule has 6 atom stereocenters. The van der Waals surface area contributed by atoms with Crippen molar-refractivity contribution in [3.8, 4) is 5.75 Å². The molecule has 0 saturated carbocycles. The van der Waals surface area contributed by atoms with Gasteiger partial charge in [-0.2, -0.15) is 0 Å². The number of aliphatic hydroxyl groups excluding tert-OH is 1. The van der Waals surface area contributed by atoms with Gasteiger partial charge in [-0.05, 0) is 62.9 Å². The number of benzene rings is 2. The summed E-state index contributed by atoms with van der Waals surface area (Å²) < 4.78 is 12.5. The predicted octanol–water partition coefficient (Wildman–Crippen LogP) is 5.31. The molecule has 2 unspecified atom stereocenters. The number of hydrogen-bond acceptors (Lipinski definition) is 6. The molecule has 3 fully saturated rings. The molecule has 3 amide bonds. The Kier molecular flexibility index (Phi) is 10.6. The first kappa shape index (κ1) is 34.4. The van der Waals surface area contributed by atoms with Gasteiger partial charge in [0.05, 0.1) is 36.7 Å². The lowest BCUT2D eigenvalue weighted by atomic mass is 9.66. The fourth-order valence-corrected chi connectivity index (χ4v) is 8.07. The average molecular weight is 644 g/mol. The first-order chi connectivity index (χ1) is 22.7. The number of nitrogens with zero attached hydrogens (tertiary/aromatic N) is 3. The third-order valence-corrected chi connectivity index (χ3v) is 10.1. The molecule has 0 radical (unpaired) electrons. The number of carbonyl (C=O) groups excluding carboxylic acids is 3. The van der Waals surface area contributed by atoms with Gasteiger partial charge < -0.3 is 29.3 Å². The van der Waals surface area contributed by atoms with Crippen molar-refractivity contribution in [3.63, 3.8) is 0 Å². The van der Waals surface area contributed by atoms with E-state index in [4.69, 9.17) is 9.47 Å². The van der Waals surface area contributed by atoms with Crippen LogP contribution in [0.5, 0.6) is 5.75 Å². The van der Waals surface area contributed by atoms with Crippen LogP contribution in [0.1, 0.15) is 64.5 Å². The fourth-order valence-electron chi connectivity index (χ4n) is 8.07. The maximum Gasteiger partial charge on any atom is 0.248 e. The third-order valence-electron chi connectivity index (χ3n) is 10.1. The van der Waals surface area contributed by atoms with Crippen LogP contribution in [0.25, 0.3) is 0 Å². The molecule has 2 bridgehead atoms. The molecule has 3 heterocycles. The van der Waals surface area contributed by atoms with Crippen LogP contribution < -0.4 is 9.64 Å². The van der Waals surface area contributed by atoms with Gasteiger partial charge in [0.15, 0.2) is 0 Å². The van der Waals surface area contributed by atoms with Gasteiger partial charge in [-0.3, -0.25) is 14.4 Å². The van der Waals surface area contributed by atoms with Crippen LogP contribution in [-0.2, 0) is 19.1 Å². The highest BCUT2D eigenvalue weighted by Crippen LogP contribution is 2.64. The van der Waals surface area contributed by atoms with Crippen LogP contribution in [0.3, 0.4) is 0 Å². The number of anilines is 1. The summed E-state index contributed by atoms with van der Waals surface area (Å²) in [5, 5.41) is 10.8. The Balaban J connectivity index is 1.60. The second-order valence-electron chi connectivity index (χ2n) is 13.0. The van der Waals surface area contributed by atoms with E-state index < -0.39 is 35.1 Å². The molecule has 3 saturated heterocycles. The molecular weight excluding hydrogens is 594 g/mol. The minimum atomic E-state index is -1.23. The fraction of sp³-hybridized carbons (Fsp3) is 0.500. The second kappa shape index (κ2) is 14.4. The summed E-state index contributed by atoms with van der Waals surface area (Å²) >= 11 is 0. The van der Waals surface area contributed by atoms with E-state index in [1.54, 1.807) is 22.0 Å². The molecule has 3 aliphatic heterocycles. The zero-order chi connectivity index (χ0) is 33.8. The van der Waals surface area contributed by atoms with Crippen molar-refractivity contribution < 1.29 is 29.0 Å². The van der Waals surface area contributed by atoms with Crippen molar-refractivity contribution in [3.05, 3.63) is 85.5 Å². The molecule has 2 aromatic rings. The van der Waals surface area contributed by atoms with Gasteiger partial charge in [0.25, 0.3) is 0 Å². The van der Waals surface area contributed by atoms with E-state index >= 15 is 0 Å². The van der Waals surface area contributed by atoms with Gasteiger partial charge in [-0.15, -0.1) is 13.2 Å². The van der Waals surface area contributed by atoms with Gasteiger partial charge in [0, 0.05) is 25.3 Å². The maximum absolute atomic E-state index is 14.9. The Morgan fingerprint density at radius 3 is 2.36 bits per heavy atom. The monoisotopic (exact) mass is 643 g/mol. The first-order valence-corrected chi connectivity index (χ1v) is 16.9. The Hall–Kier alpha value is -3.95. The summed E-state index contributed by atoms with van der Waals surface area (Å²) in [5.41, 5.74) is -0.821. The summed E-state index contributed by atoms with van der Waals surface area (Å²) in [6.07, 6.45) is 7.10. The summed E-state index contributed by atoms with van der Waals surface area (Å²) in [6.45, 7) is 14.9. The average Bonchev–Trinajstić information content (AvgIpc) is 3.65. The second-order valence-corrected chi connectivity index (χ2v) is 13.0. The Morgan fingerprint density at radius 2 is 1.74 bits per heavy atom. The maximum atomic E-state index is 14.9. The Morgan fingerprint density at radius 1 is 1.04 bits per heavy atom. The van der Waals surface area contributed by atoms with E-state index in [1.807, 2.05) is 68.4 Å². The highest BCUT2D eigenvalue weighted by molar-refractivity contribution is 6.03. The highest BCUT2D eigenvalue weighted by Gasteiger charge is 2.79. The van der Waals surface area contributed by atoms with Gasteiger partial charge >= 0.3 is 0 Å². The number of unbranched alkanes of at least 4 members (excludes halogenated alkanes) is 2. The molecule has 0 aromatic heterocycles. The molecule has 5 rings (SSSR count). The standard InChI is InChI=1S/C38H49N3O6/c1-6-10-14-25-39(23-7-2)36(45)33-38-22-21-37(5,47-38)31(32(38)35(44)41(33)30(26-42)27-15-12-11-13-16-27)34(43)40(24-8-3)28-17-19-29(20-18-28)46-9-4/h7-8,11-13,15-20,30-33,42H,2-3,6,9-10,14,21-26H2,1,4-5H3/t30-,31-,32+,33?,37+,38?/m1/s1. The summed E-state index contributed by atoms with van der Waals surface area (Å²) in [7, 11) is 0. The van der Waals surface area contributed by atoms with E-state index in [0.29, 0.717) is 49.5 Å². The zero-order valence-electron chi connectivity index (χ0n) is 28.0. The predicted molar refractivity (Wildman–Crippen MR) is 182 cm³/mol. The minimum Gasteiger partial charge on any atom is -0.494 e. The molecule has 9 nitrogen and oxygen atoms in total. The van der Waals surface area contributed by atoms with Gasteiger partial charge in [0.2, 0.25) is 17.7 Å². The topological polar surface area (TPSA) is 99.6 Å². The van der Waals surface area contributed by atoms with Crippen LogP contribution in [0.4, 0.5) is 5.69 Å². The SMILES string of the molecule is C=CCN(CCCCC)C(=O)C1N([C@H](CO)c2ccccc2)C(=O)[C@@H]2[C@H](C(=O)N(CC=C)c3ccc(OCC)cc3)[C@]3(C)CCC12O3. The van der Waals surface area contributed by atoms with Crippen molar-refractivity contribution >= 4 is 23.4 Å². The molecule has 252 valence electrons. The minimum absolute atomic E-state index is 0.229. The van der Waals surface area contributed by atoms with E-state index in [9.17, 15) is 19.5 Å².